The summed E-state index contributed by atoms with van der Waals surface area (Å²) >= 11 is 4.12. The molecule has 1 aromatic rings. The van der Waals surface area contributed by atoms with Crippen LogP contribution in [0.25, 0.3) is 0 Å². The Morgan fingerprint density at radius 1 is 1.30 bits per heavy atom. The molecular formula is C30H42ClIN8O2S. The zero-order valence-electron chi connectivity index (χ0n) is 25.1. The van der Waals surface area contributed by atoms with Crippen molar-refractivity contribution >= 4 is 64.8 Å². The Bertz CT molecular complexity index is 1500. The normalized spacial score (nSPS) is 23.7. The Labute approximate surface area is 268 Å². The van der Waals surface area contributed by atoms with E-state index in [1.54, 1.807) is 18.2 Å². The summed E-state index contributed by atoms with van der Waals surface area (Å²) in [7, 11) is -3.31. The molecule has 10 nitrogen and oxygen atoms in total. The number of nitrogens with one attached hydrogen (secondary N) is 1. The standard InChI is InChI=1S/C30H42ClIN8O2S/c1-5-7-14-37(13-6-2)28-19-29(38-15-8-16-38)35-27-18-24(36-32(27)28)26-11-9-21(3)20-39(26)30(41)23-17-22(31)10-12-25(23)40(33)43(4,34)42/h5,10,12,17-19,21,26,34H,1,6-9,11,13-16,20,33H2,2-4H3/t21-,26-,43?/m0/s1. The van der Waals surface area contributed by atoms with Crippen LogP contribution < -0.4 is 10.3 Å². The molecule has 4 aliphatic rings. The van der Waals surface area contributed by atoms with Crippen molar-refractivity contribution < 1.29 is 9.00 Å². The number of fused-ring (bicyclic) bond motifs is 1. The number of hydrogen-bond donors (Lipinski definition) is 2. The number of amidine groups is 1. The average Bonchev–Trinajstić information content (AvgIpc) is 3.36. The number of piperidine rings is 1. The summed E-state index contributed by atoms with van der Waals surface area (Å²) in [5.41, 5.74) is 1.36. The van der Waals surface area contributed by atoms with Gasteiger partial charge in [-0.15, -0.1) is 0 Å². The quantitative estimate of drug-likeness (QED) is 0.103. The summed E-state index contributed by atoms with van der Waals surface area (Å²) < 4.78 is 29.2. The van der Waals surface area contributed by atoms with Crippen LogP contribution in [0.1, 0.15) is 56.3 Å². The number of aliphatic imine (C=N–C) groups is 1. The van der Waals surface area contributed by atoms with Gasteiger partial charge in [0.05, 0.1) is 0 Å². The maximum absolute atomic E-state index is 14.3. The van der Waals surface area contributed by atoms with Gasteiger partial charge in [-0.2, -0.15) is 0 Å². The number of amides is 1. The second-order valence-corrected chi connectivity index (χ2v) is 18.2. The molecule has 3 N–H and O–H groups in total. The predicted octanol–water partition coefficient (Wildman–Crippen LogP) is 5.82. The van der Waals surface area contributed by atoms with Gasteiger partial charge in [0.15, 0.2) is 0 Å². The third kappa shape index (κ3) is 6.81. The number of carbonyl (C=O) groups is 1. The zero-order valence-corrected chi connectivity index (χ0v) is 28.9. The van der Waals surface area contributed by atoms with Crippen molar-refractivity contribution in [2.45, 2.75) is 52.0 Å². The molecule has 43 heavy (non-hydrogen) atoms. The first kappa shape index (κ1) is 32.0. The van der Waals surface area contributed by atoms with Crippen LogP contribution in [0, 0.1) is 10.7 Å². The van der Waals surface area contributed by atoms with E-state index in [2.05, 4.69) is 42.4 Å². The molecule has 5 rings (SSSR count). The number of hydrazine groups is 1. The van der Waals surface area contributed by atoms with E-state index in [9.17, 15) is 9.00 Å². The van der Waals surface area contributed by atoms with Crippen LogP contribution in [0.3, 0.4) is 0 Å². The molecule has 0 spiro atoms. The Morgan fingerprint density at radius 3 is 2.72 bits per heavy atom. The molecule has 2 fully saturated rings. The number of rotatable bonds is 10. The van der Waals surface area contributed by atoms with Crippen LogP contribution >= 0.6 is 31.7 Å². The Morgan fingerprint density at radius 2 is 2.07 bits per heavy atom. The van der Waals surface area contributed by atoms with Crippen LogP contribution in [0.2, 0.25) is 5.02 Å². The van der Waals surface area contributed by atoms with Gasteiger partial charge in [-0.05, 0) is 0 Å². The number of anilines is 1. The fourth-order valence-corrected chi connectivity index (χ4v) is 11.2. The van der Waals surface area contributed by atoms with E-state index in [4.69, 9.17) is 30.4 Å². The molecule has 1 amide bonds. The van der Waals surface area contributed by atoms with Gasteiger partial charge in [0.1, 0.15) is 0 Å². The Kier molecular flexibility index (Phi) is 9.89. The third-order valence-corrected chi connectivity index (χ3v) is 13.9. The molecule has 0 saturated carbocycles. The summed E-state index contributed by atoms with van der Waals surface area (Å²) in [6.07, 6.45) is 12.5. The molecule has 1 aromatic carbocycles. The number of halogens is 2. The summed E-state index contributed by atoms with van der Waals surface area (Å²) in [5, 5.41) is 0.368. The fourth-order valence-electron chi connectivity index (χ4n) is 5.66. The first-order valence-electron chi connectivity index (χ1n) is 14.8. The van der Waals surface area contributed by atoms with Crippen LogP contribution in [-0.4, -0.2) is 81.4 Å². The van der Waals surface area contributed by atoms with Crippen LogP contribution in [0.5, 0.6) is 0 Å². The molecule has 0 aromatic heterocycles. The number of nitrogens with zero attached hydrogens (tertiary/aromatic N) is 6. The first-order valence-corrected chi connectivity index (χ1v) is 20.2. The van der Waals surface area contributed by atoms with Gasteiger partial charge < -0.3 is 0 Å². The zero-order chi connectivity index (χ0) is 30.9. The fraction of sp³-hybridized carbons (Fsp3) is 0.500. The number of carbonyl (C=O) groups excluding carboxylic acids is 1. The molecule has 13 heteroatoms. The van der Waals surface area contributed by atoms with E-state index >= 15 is 0 Å². The van der Waals surface area contributed by atoms with Gasteiger partial charge in [-0.3, -0.25) is 0 Å². The number of hydrogen-bond acceptors (Lipinski definition) is 8. The van der Waals surface area contributed by atoms with Crippen LogP contribution in [0.4, 0.5) is 5.69 Å². The minimum atomic E-state index is -3.31. The molecule has 3 atom stereocenters. The van der Waals surface area contributed by atoms with Crippen molar-refractivity contribution in [2.24, 2.45) is 20.0 Å². The summed E-state index contributed by atoms with van der Waals surface area (Å²) in [6.45, 7) is 12.7. The molecule has 1 unspecified atom stereocenters. The number of nitrogens with two attached hydrogens (primary N) is 1. The van der Waals surface area contributed by atoms with Crippen molar-refractivity contribution in [3.05, 3.63) is 61.0 Å². The van der Waals surface area contributed by atoms with E-state index < -0.39 is 30.0 Å². The van der Waals surface area contributed by atoms with Crippen LogP contribution in [-0.2, 0) is 9.92 Å². The molecule has 234 valence electrons. The van der Waals surface area contributed by atoms with Gasteiger partial charge in [-0.25, -0.2) is 0 Å². The molecular weight excluding hydrogens is 699 g/mol. The molecule has 2 saturated heterocycles. The molecule has 4 heterocycles. The van der Waals surface area contributed by atoms with E-state index in [-0.39, 0.29) is 23.2 Å². The van der Waals surface area contributed by atoms with Gasteiger partial charge in [-0.1, -0.05) is 0 Å². The number of benzene rings is 1. The van der Waals surface area contributed by atoms with Crippen molar-refractivity contribution in [1.82, 2.24) is 14.7 Å². The van der Waals surface area contributed by atoms with Crippen molar-refractivity contribution in [1.29, 1.82) is 4.78 Å². The summed E-state index contributed by atoms with van der Waals surface area (Å²) in [4.78, 5) is 26.1. The second-order valence-electron chi connectivity index (χ2n) is 11.5. The molecule has 4 aliphatic heterocycles. The van der Waals surface area contributed by atoms with Crippen molar-refractivity contribution in [2.75, 3.05) is 43.4 Å². The van der Waals surface area contributed by atoms with Gasteiger partial charge in [0, 0.05) is 0 Å². The van der Waals surface area contributed by atoms with E-state index in [0.717, 1.165) is 71.5 Å². The van der Waals surface area contributed by atoms with Crippen molar-refractivity contribution in [3.8, 4) is 0 Å². The molecule has 0 radical (unpaired) electrons. The molecule has 0 bridgehead atoms. The van der Waals surface area contributed by atoms with E-state index in [1.807, 2.05) is 11.0 Å². The van der Waals surface area contributed by atoms with Crippen LogP contribution in [0.15, 0.2) is 58.6 Å². The Hall–Kier alpha value is -2.42. The van der Waals surface area contributed by atoms with Gasteiger partial charge >= 0.3 is 270 Å². The monoisotopic (exact) mass is 740 g/mol. The second kappa shape index (κ2) is 13.3. The number of likely N-dealkylation sites (tertiary alicyclic amines) is 2. The van der Waals surface area contributed by atoms with Crippen molar-refractivity contribution in [3.63, 3.8) is 0 Å². The topological polar surface area (TPSA) is 122 Å². The average molecular weight is 741 g/mol. The summed E-state index contributed by atoms with van der Waals surface area (Å²) in [5.74, 6) is 7.16. The molecule has 0 aliphatic carbocycles. The third-order valence-electron chi connectivity index (χ3n) is 8.09. The van der Waals surface area contributed by atoms with E-state index in [1.165, 1.54) is 16.4 Å². The first-order chi connectivity index (χ1) is 20.5. The minimum absolute atomic E-state index is 0.219. The maximum atomic E-state index is 14.3. The predicted molar refractivity (Wildman–Crippen MR) is 186 cm³/mol. The Balaban J connectivity index is 1.52. The van der Waals surface area contributed by atoms with E-state index in [0.29, 0.717) is 17.5 Å². The van der Waals surface area contributed by atoms with Gasteiger partial charge in [0.2, 0.25) is 0 Å². The summed E-state index contributed by atoms with van der Waals surface area (Å²) in [6, 6.07) is 4.48. The van der Waals surface area contributed by atoms with Gasteiger partial charge in [0.25, 0.3) is 0 Å². The SMILES string of the molecule is C=CCCN(CCC)C1=CC(N2CCC2)=NC2=CC([C@@H]3CC[C@H](C)CN3C(=O)c3cc(Cl)ccc3N(N)S(C)(=N)=O)=NI21.